The lowest BCUT2D eigenvalue weighted by atomic mass is 10.1. The Labute approximate surface area is 112 Å². The van der Waals surface area contributed by atoms with E-state index in [-0.39, 0.29) is 0 Å². The van der Waals surface area contributed by atoms with Crippen molar-refractivity contribution in [1.82, 2.24) is 0 Å². The third kappa shape index (κ3) is 2.19. The monoisotopic (exact) mass is 284 g/mol. The molecule has 98 valence electrons. The van der Waals surface area contributed by atoms with Gasteiger partial charge in [0.25, 0.3) is 0 Å². The molecule has 0 saturated heterocycles. The molecule has 0 amide bonds. The smallest absolute Gasteiger partial charge is 0.309 e. The highest BCUT2D eigenvalue weighted by Crippen LogP contribution is 2.71. The molecule has 3 nitrogen and oxygen atoms in total. The van der Waals surface area contributed by atoms with Gasteiger partial charge in [0.1, 0.15) is 5.60 Å². The van der Waals surface area contributed by atoms with E-state index in [1.54, 1.807) is 11.8 Å². The summed E-state index contributed by atoms with van der Waals surface area (Å²) < 4.78 is 23.7. The van der Waals surface area contributed by atoms with Gasteiger partial charge in [-0.05, 0) is 25.7 Å². The van der Waals surface area contributed by atoms with E-state index in [4.69, 9.17) is 9.05 Å². The van der Waals surface area contributed by atoms with Gasteiger partial charge in [-0.3, -0.25) is 9.09 Å². The van der Waals surface area contributed by atoms with Crippen molar-refractivity contribution < 1.29 is 13.6 Å². The number of hydrogen-bond donors (Lipinski definition) is 0. The summed E-state index contributed by atoms with van der Waals surface area (Å²) in [6, 6.07) is 9.64. The van der Waals surface area contributed by atoms with E-state index in [9.17, 15) is 4.57 Å². The van der Waals surface area contributed by atoms with Gasteiger partial charge in [0.05, 0.1) is 5.31 Å². The molecular weight excluding hydrogens is 267 g/mol. The molecule has 0 fully saturated rings. The van der Waals surface area contributed by atoms with E-state index in [0.717, 1.165) is 10.5 Å². The van der Waals surface area contributed by atoms with Crippen molar-refractivity contribution >= 4 is 24.7 Å². The minimum absolute atomic E-state index is 0.573. The molecule has 1 atom stereocenters. The van der Waals surface area contributed by atoms with Gasteiger partial charge in [-0.1, -0.05) is 30.3 Å². The summed E-state index contributed by atoms with van der Waals surface area (Å²) >= 11 is 1.56. The molecule has 1 unspecified atom stereocenters. The Kier molecular flexibility index (Phi) is 3.75. The van der Waals surface area contributed by atoms with Crippen LogP contribution in [0.2, 0.25) is 0 Å². The molecule has 5 heteroatoms. The number of benzene rings is 1. The summed E-state index contributed by atoms with van der Waals surface area (Å²) in [5.74, 6) is 0. The predicted octanol–water partition coefficient (Wildman–Crippen LogP) is 4.37. The Bertz CT molecular complexity index is 522. The highest BCUT2D eigenvalue weighted by atomic mass is 32.2. The normalized spacial score (nSPS) is 26.7. The minimum Gasteiger partial charge on any atom is -0.309 e. The van der Waals surface area contributed by atoms with Crippen LogP contribution in [0.3, 0.4) is 0 Å². The molecule has 0 N–H and O–H groups in total. The second-order valence-electron chi connectivity index (χ2n) is 4.53. The maximum atomic E-state index is 12.8. The SMILES string of the molecule is COP1(=O)OC(C)(C)C(SC)=C1c1ccccc1. The molecule has 1 aliphatic rings. The van der Waals surface area contributed by atoms with Crippen LogP contribution in [-0.4, -0.2) is 19.0 Å². The van der Waals surface area contributed by atoms with E-state index in [2.05, 4.69) is 0 Å². The third-order valence-electron chi connectivity index (χ3n) is 2.88. The fraction of sp³-hybridized carbons (Fsp3) is 0.385. The first-order chi connectivity index (χ1) is 8.44. The average Bonchev–Trinajstić information content (AvgIpc) is 2.56. The van der Waals surface area contributed by atoms with Crippen LogP contribution in [0.15, 0.2) is 35.2 Å². The second-order valence-corrected chi connectivity index (χ2v) is 7.34. The molecule has 0 bridgehead atoms. The van der Waals surface area contributed by atoms with E-state index in [1.807, 2.05) is 50.4 Å². The topological polar surface area (TPSA) is 35.5 Å². The van der Waals surface area contributed by atoms with E-state index in [0.29, 0.717) is 5.31 Å². The molecule has 0 aliphatic carbocycles. The van der Waals surface area contributed by atoms with Crippen LogP contribution in [0.1, 0.15) is 19.4 Å². The first-order valence-electron chi connectivity index (χ1n) is 5.66. The summed E-state index contributed by atoms with van der Waals surface area (Å²) in [6.07, 6.45) is 1.97. The Morgan fingerprint density at radius 2 is 1.89 bits per heavy atom. The first-order valence-corrected chi connectivity index (χ1v) is 8.42. The van der Waals surface area contributed by atoms with Crippen molar-refractivity contribution in [2.75, 3.05) is 13.4 Å². The molecule has 1 heterocycles. The molecule has 18 heavy (non-hydrogen) atoms. The van der Waals surface area contributed by atoms with Crippen molar-refractivity contribution in [3.05, 3.63) is 40.8 Å². The lowest BCUT2D eigenvalue weighted by Gasteiger charge is -2.20. The van der Waals surface area contributed by atoms with Crippen LogP contribution in [0.5, 0.6) is 0 Å². The van der Waals surface area contributed by atoms with Crippen molar-refractivity contribution in [2.45, 2.75) is 19.4 Å². The van der Waals surface area contributed by atoms with Crippen LogP contribution in [0.25, 0.3) is 5.31 Å². The summed E-state index contributed by atoms with van der Waals surface area (Å²) in [6.45, 7) is 3.83. The van der Waals surface area contributed by atoms with Crippen LogP contribution in [-0.2, 0) is 13.6 Å². The molecule has 1 aromatic carbocycles. The van der Waals surface area contributed by atoms with Crippen LogP contribution < -0.4 is 0 Å². The van der Waals surface area contributed by atoms with E-state index in [1.165, 1.54) is 7.11 Å². The van der Waals surface area contributed by atoms with Crippen LogP contribution in [0, 0.1) is 0 Å². The molecular formula is C13H17O3PS. The molecule has 0 spiro atoms. The van der Waals surface area contributed by atoms with Crippen molar-refractivity contribution in [3.63, 3.8) is 0 Å². The molecule has 0 saturated carbocycles. The first kappa shape index (κ1) is 13.9. The maximum Gasteiger partial charge on any atom is 0.363 e. The average molecular weight is 284 g/mol. The van der Waals surface area contributed by atoms with Crippen molar-refractivity contribution in [1.29, 1.82) is 0 Å². The fourth-order valence-electron chi connectivity index (χ4n) is 2.15. The highest BCUT2D eigenvalue weighted by molar-refractivity contribution is 8.03. The zero-order chi connectivity index (χ0) is 13.4. The maximum absolute atomic E-state index is 12.8. The summed E-state index contributed by atoms with van der Waals surface area (Å²) in [5, 5.41) is 0.697. The Morgan fingerprint density at radius 1 is 1.28 bits per heavy atom. The van der Waals surface area contributed by atoms with Gasteiger partial charge in [0.2, 0.25) is 0 Å². The van der Waals surface area contributed by atoms with Gasteiger partial charge in [-0.15, -0.1) is 11.8 Å². The molecule has 0 radical (unpaired) electrons. The molecule has 0 aromatic heterocycles. The van der Waals surface area contributed by atoms with Crippen LogP contribution >= 0.6 is 19.4 Å². The summed E-state index contributed by atoms with van der Waals surface area (Å²) in [7, 11) is -1.78. The van der Waals surface area contributed by atoms with Gasteiger partial charge < -0.3 is 4.52 Å². The quantitative estimate of drug-likeness (QED) is 0.772. The fourth-order valence-corrected chi connectivity index (χ4v) is 5.69. The predicted molar refractivity (Wildman–Crippen MR) is 76.7 cm³/mol. The largest absolute Gasteiger partial charge is 0.363 e. The van der Waals surface area contributed by atoms with Crippen LogP contribution in [0.4, 0.5) is 0 Å². The lowest BCUT2D eigenvalue weighted by molar-refractivity contribution is 0.142. The number of rotatable bonds is 3. The third-order valence-corrected chi connectivity index (χ3v) is 6.34. The number of hydrogen-bond acceptors (Lipinski definition) is 4. The van der Waals surface area contributed by atoms with Gasteiger partial charge >= 0.3 is 7.60 Å². The second kappa shape index (κ2) is 4.86. The summed E-state index contributed by atoms with van der Waals surface area (Å²) in [5.41, 5.74) is 0.327. The summed E-state index contributed by atoms with van der Waals surface area (Å²) in [4.78, 5) is 0.971. The zero-order valence-electron chi connectivity index (χ0n) is 11.0. The highest BCUT2D eigenvalue weighted by Gasteiger charge is 2.49. The van der Waals surface area contributed by atoms with E-state index < -0.39 is 13.2 Å². The van der Waals surface area contributed by atoms with Crippen molar-refractivity contribution in [2.24, 2.45) is 0 Å². The lowest BCUT2D eigenvalue weighted by Crippen LogP contribution is -2.19. The Morgan fingerprint density at radius 3 is 2.39 bits per heavy atom. The molecule has 1 aromatic rings. The van der Waals surface area contributed by atoms with Gasteiger partial charge in [-0.2, -0.15) is 0 Å². The molecule has 2 rings (SSSR count). The van der Waals surface area contributed by atoms with E-state index >= 15 is 0 Å². The molecule has 1 aliphatic heterocycles. The Hall–Kier alpha value is -0.540. The standard InChI is InChI=1S/C13H17O3PS/c1-13(2)12(18-4)11(17(14,15-3)16-13)10-8-6-5-7-9-10/h5-9H,1-4H3. The van der Waals surface area contributed by atoms with Gasteiger partial charge in [-0.25, -0.2) is 0 Å². The number of thioether (sulfide) groups is 1. The van der Waals surface area contributed by atoms with Crippen molar-refractivity contribution in [3.8, 4) is 0 Å². The zero-order valence-corrected chi connectivity index (χ0v) is 12.7. The minimum atomic E-state index is -3.22. The Balaban J connectivity index is 2.67. The van der Waals surface area contributed by atoms with Gasteiger partial charge in [0, 0.05) is 12.0 Å². The van der Waals surface area contributed by atoms with Gasteiger partial charge in [0.15, 0.2) is 0 Å².